The molecule has 0 aliphatic carbocycles. The molecular weight excluding hydrogens is 682 g/mol. The van der Waals surface area contributed by atoms with E-state index in [1.54, 1.807) is 0 Å². The summed E-state index contributed by atoms with van der Waals surface area (Å²) < 4.78 is 12.8. The molecule has 0 N–H and O–H groups in total. The second-order valence-corrected chi connectivity index (χ2v) is 14.4. The first-order valence-electron chi connectivity index (χ1n) is 18.2. The highest BCUT2D eigenvalue weighted by Gasteiger charge is 2.25. The number of hydrogen-bond donors (Lipinski definition) is 0. The van der Waals surface area contributed by atoms with Crippen molar-refractivity contribution in [1.29, 1.82) is 0 Å². The van der Waals surface area contributed by atoms with E-state index in [1.165, 1.54) is 0 Å². The zero-order valence-electron chi connectivity index (χ0n) is 30.5. The second-order valence-electron chi connectivity index (χ2n) is 14.4. The lowest BCUT2D eigenvalue weighted by molar-refractivity contribution is 0.631. The molecule has 10 aromatic rings. The molecule has 242 valence electrons. The van der Waals surface area contributed by atoms with Gasteiger partial charge in [-0.25, -0.2) is 0 Å². The summed E-state index contributed by atoms with van der Waals surface area (Å²) in [5, 5.41) is 5.40. The Labute approximate surface area is 341 Å². The van der Waals surface area contributed by atoms with Crippen LogP contribution in [0.3, 0.4) is 0 Å². The van der Waals surface area contributed by atoms with Gasteiger partial charge in [0.2, 0.25) is 0 Å². The van der Waals surface area contributed by atoms with E-state index in [0.29, 0.717) is 33.1 Å². The maximum atomic E-state index is 6.99. The molecule has 0 aliphatic heterocycles. The molecule has 0 amide bonds. The van der Waals surface area contributed by atoms with Crippen LogP contribution in [0, 0.1) is 0 Å². The normalized spacial score (nSPS) is 11.8. The average Bonchev–Trinajstić information content (AvgIpc) is 3.85. The van der Waals surface area contributed by atoms with Crippen molar-refractivity contribution in [2.45, 2.75) is 0 Å². The van der Waals surface area contributed by atoms with Gasteiger partial charge in [0.25, 0.3) is 0 Å². The molecule has 0 saturated heterocycles. The molecule has 0 saturated carbocycles. The van der Waals surface area contributed by atoms with Crippen molar-refractivity contribution >= 4 is 174 Å². The summed E-state index contributed by atoms with van der Waals surface area (Å²) in [7, 11) is 59.6. The maximum absolute atomic E-state index is 6.99. The molecule has 0 aliphatic rings. The number of hydrogen-bond acceptors (Lipinski definition) is 2. The van der Waals surface area contributed by atoms with E-state index in [2.05, 4.69) is 36.4 Å². The van der Waals surface area contributed by atoms with Crippen LogP contribution < -0.4 is 49.2 Å². The van der Waals surface area contributed by atoms with Gasteiger partial charge in [-0.05, 0) is 91.3 Å². The topological polar surface area (TPSA) is 26.3 Å². The third-order valence-electron chi connectivity index (χ3n) is 11.2. The van der Waals surface area contributed by atoms with Crippen LogP contribution in [0.25, 0.3) is 99.2 Å². The third kappa shape index (κ3) is 5.24. The lowest BCUT2D eigenvalue weighted by atomic mass is 9.58. The summed E-state index contributed by atoms with van der Waals surface area (Å²) in [5.74, 6) is 0.816. The molecule has 2 aromatic heterocycles. The van der Waals surface area contributed by atoms with Gasteiger partial charge >= 0.3 is 0 Å². The molecule has 0 fully saturated rings. The Morgan fingerprint density at radius 3 is 1.60 bits per heavy atom. The smallest absolute Gasteiger partial charge is 0.136 e. The minimum Gasteiger partial charge on any atom is -0.456 e. The first kappa shape index (κ1) is 35.6. The first-order chi connectivity index (χ1) is 27.5. The fraction of sp³-hybridized carbons (Fsp3) is 0. The van der Waals surface area contributed by atoms with Gasteiger partial charge in [-0.15, -0.1) is 27.3 Å². The SMILES string of the molecule is [B]c1c([B])c([B])c(-c2c3ccccc3c(-c3cccc4oc5cc(-c6ccc7oc(-c8ccccc8)cc7c6)ccc5c34)c3c([B])c([B])c([B])c([B])c23)c([B])c1[B]. The van der Waals surface area contributed by atoms with E-state index in [9.17, 15) is 0 Å². The lowest BCUT2D eigenvalue weighted by Gasteiger charge is -2.28. The summed E-state index contributed by atoms with van der Waals surface area (Å²) in [4.78, 5) is 0. The summed E-state index contributed by atoms with van der Waals surface area (Å²) in [5.41, 5.74) is 9.08. The van der Waals surface area contributed by atoms with Crippen molar-refractivity contribution in [2.75, 3.05) is 0 Å². The van der Waals surface area contributed by atoms with Crippen LogP contribution in [-0.2, 0) is 0 Å². The molecule has 2 heterocycles. The van der Waals surface area contributed by atoms with Gasteiger partial charge in [-0.3, -0.25) is 0 Å². The highest BCUT2D eigenvalue weighted by Crippen LogP contribution is 2.46. The average molecular weight is 701 g/mol. The van der Waals surface area contributed by atoms with Crippen LogP contribution in [0.15, 0.2) is 124 Å². The molecule has 11 heteroatoms. The minimum atomic E-state index is 0.0936. The van der Waals surface area contributed by atoms with Crippen molar-refractivity contribution in [2.24, 2.45) is 0 Å². The summed E-state index contributed by atoms with van der Waals surface area (Å²) in [6.07, 6.45) is 0. The Hall–Kier alpha value is -5.80. The van der Waals surface area contributed by atoms with Crippen molar-refractivity contribution < 1.29 is 8.83 Å². The van der Waals surface area contributed by atoms with Crippen LogP contribution in [0.2, 0.25) is 0 Å². The lowest BCUT2D eigenvalue weighted by Crippen LogP contribution is -2.55. The van der Waals surface area contributed by atoms with Gasteiger partial charge < -0.3 is 8.83 Å². The molecule has 0 atom stereocenters. The van der Waals surface area contributed by atoms with E-state index < -0.39 is 0 Å². The van der Waals surface area contributed by atoms with Gasteiger partial charge in [0.1, 0.15) is 93.1 Å². The molecule has 8 aromatic carbocycles. The van der Waals surface area contributed by atoms with Crippen LogP contribution >= 0.6 is 0 Å². The Morgan fingerprint density at radius 1 is 0.316 bits per heavy atom. The Bertz CT molecular complexity index is 3320. The van der Waals surface area contributed by atoms with E-state index in [1.807, 2.05) is 78.9 Å². The zero-order chi connectivity index (χ0) is 39.4. The predicted molar refractivity (Wildman–Crippen MR) is 249 cm³/mol. The van der Waals surface area contributed by atoms with Crippen molar-refractivity contribution in [3.05, 3.63) is 115 Å². The standard InChI is InChI=1S/C46H19B9O2/c47-38-35-33(24-9-4-5-10-25(24)34(36(35)39(48)43(52)42(38)51)37-40(49)44(53)46(55)45(54)41(37)50)27-11-6-12-29-32(27)26-15-13-22(18-31(26)57-29)21-14-16-28-23(17-21)19-30(56-28)20-7-2-1-3-8-20/h1-19H. The summed E-state index contributed by atoms with van der Waals surface area (Å²) in [6.45, 7) is 0. The first-order valence-corrected chi connectivity index (χ1v) is 18.2. The molecule has 10 rings (SSSR count). The zero-order valence-corrected chi connectivity index (χ0v) is 30.5. The van der Waals surface area contributed by atoms with E-state index >= 15 is 0 Å². The summed E-state index contributed by atoms with van der Waals surface area (Å²) >= 11 is 0. The van der Waals surface area contributed by atoms with Gasteiger partial charge in [0, 0.05) is 21.7 Å². The maximum Gasteiger partial charge on any atom is 0.136 e. The Balaban J connectivity index is 1.24. The van der Waals surface area contributed by atoms with E-state index in [0.717, 1.165) is 66.1 Å². The fourth-order valence-corrected chi connectivity index (χ4v) is 8.38. The van der Waals surface area contributed by atoms with E-state index in [-0.39, 0.29) is 49.2 Å². The van der Waals surface area contributed by atoms with Gasteiger partial charge in [-0.1, -0.05) is 101 Å². The van der Waals surface area contributed by atoms with Crippen LogP contribution in [0.5, 0.6) is 0 Å². The van der Waals surface area contributed by atoms with Gasteiger partial charge in [0.15, 0.2) is 0 Å². The minimum absolute atomic E-state index is 0.0936. The van der Waals surface area contributed by atoms with Crippen molar-refractivity contribution in [1.82, 2.24) is 0 Å². The second kappa shape index (κ2) is 13.1. The molecule has 57 heavy (non-hydrogen) atoms. The summed E-state index contributed by atoms with van der Waals surface area (Å²) in [6, 6.07) is 38.3. The molecule has 2 nitrogen and oxygen atoms in total. The monoisotopic (exact) mass is 702 g/mol. The highest BCUT2D eigenvalue weighted by molar-refractivity contribution is 6.71. The van der Waals surface area contributed by atoms with Gasteiger partial charge in [0.05, 0.1) is 0 Å². The number of rotatable bonds is 4. The quantitative estimate of drug-likeness (QED) is 0.209. The van der Waals surface area contributed by atoms with Crippen LogP contribution in [0.4, 0.5) is 0 Å². The number of fused-ring (bicyclic) bond motifs is 6. The Kier molecular flexibility index (Phi) is 8.20. The van der Waals surface area contributed by atoms with Crippen molar-refractivity contribution in [3.63, 3.8) is 0 Å². The van der Waals surface area contributed by atoms with Crippen LogP contribution in [0.1, 0.15) is 0 Å². The number of benzene rings is 8. The molecule has 0 bridgehead atoms. The third-order valence-corrected chi connectivity index (χ3v) is 11.2. The Morgan fingerprint density at radius 2 is 0.895 bits per heavy atom. The predicted octanol–water partition coefficient (Wildman–Crippen LogP) is 2.45. The largest absolute Gasteiger partial charge is 0.456 e. The highest BCUT2D eigenvalue weighted by atomic mass is 16.3. The van der Waals surface area contributed by atoms with Crippen LogP contribution in [-0.4, -0.2) is 70.6 Å². The van der Waals surface area contributed by atoms with Gasteiger partial charge in [-0.2, -0.15) is 0 Å². The number of furan rings is 2. The fourth-order valence-electron chi connectivity index (χ4n) is 8.38. The van der Waals surface area contributed by atoms with E-state index in [4.69, 9.17) is 79.5 Å². The molecular formula is C46H19B9O2. The molecule has 0 spiro atoms. The molecule has 0 unspecified atom stereocenters. The van der Waals surface area contributed by atoms with Crippen molar-refractivity contribution in [3.8, 4) is 44.7 Å². The molecule has 18 radical (unpaired) electrons.